The molecule has 1 N–H and O–H groups in total. The van der Waals surface area contributed by atoms with Gasteiger partial charge in [0, 0.05) is 29.8 Å². The maximum absolute atomic E-state index is 13.8. The molecule has 1 aliphatic heterocycles. The molecule has 5 nitrogen and oxygen atoms in total. The van der Waals surface area contributed by atoms with Crippen molar-refractivity contribution in [3.05, 3.63) is 87.6 Å². The SMILES string of the molecule is CCc1ccccc1NC(=O)[C@H]1c2ccccc2C(=O)N(CCOC)[C@H]1c1cccs1. The minimum absolute atomic E-state index is 0.0657. The summed E-state index contributed by atoms with van der Waals surface area (Å²) in [5, 5.41) is 5.13. The molecule has 0 saturated heterocycles. The van der Waals surface area contributed by atoms with E-state index in [1.807, 2.05) is 66.0 Å². The Labute approximate surface area is 186 Å². The van der Waals surface area contributed by atoms with Crippen molar-refractivity contribution in [1.29, 1.82) is 0 Å². The Hall–Kier alpha value is -2.96. The van der Waals surface area contributed by atoms with Gasteiger partial charge in [-0.2, -0.15) is 0 Å². The number of rotatable bonds is 7. The van der Waals surface area contributed by atoms with Crippen LogP contribution in [0.25, 0.3) is 0 Å². The number of hydrogen-bond acceptors (Lipinski definition) is 4. The van der Waals surface area contributed by atoms with Gasteiger partial charge in [-0.1, -0.05) is 49.4 Å². The molecule has 1 aromatic heterocycles. The van der Waals surface area contributed by atoms with E-state index in [1.165, 1.54) is 0 Å². The van der Waals surface area contributed by atoms with Crippen LogP contribution in [-0.4, -0.2) is 37.0 Å². The van der Waals surface area contributed by atoms with Crippen LogP contribution in [0.15, 0.2) is 66.0 Å². The van der Waals surface area contributed by atoms with Crippen molar-refractivity contribution in [2.45, 2.75) is 25.3 Å². The van der Waals surface area contributed by atoms with Crippen molar-refractivity contribution in [1.82, 2.24) is 4.90 Å². The molecule has 0 bridgehead atoms. The summed E-state index contributed by atoms with van der Waals surface area (Å²) in [6, 6.07) is 18.9. The number of carbonyl (C=O) groups excluding carboxylic acids is 2. The molecule has 31 heavy (non-hydrogen) atoms. The topological polar surface area (TPSA) is 58.6 Å². The zero-order valence-corrected chi connectivity index (χ0v) is 18.5. The van der Waals surface area contributed by atoms with E-state index < -0.39 is 5.92 Å². The van der Waals surface area contributed by atoms with Crippen LogP contribution in [-0.2, 0) is 16.0 Å². The lowest BCUT2D eigenvalue weighted by molar-refractivity contribution is -0.119. The lowest BCUT2D eigenvalue weighted by atomic mass is 9.81. The fraction of sp³-hybridized carbons (Fsp3) is 0.280. The number of methoxy groups -OCH3 is 1. The second kappa shape index (κ2) is 9.45. The highest BCUT2D eigenvalue weighted by molar-refractivity contribution is 7.10. The molecule has 2 amide bonds. The Morgan fingerprint density at radius 2 is 1.87 bits per heavy atom. The first kappa shape index (κ1) is 21.3. The summed E-state index contributed by atoms with van der Waals surface area (Å²) in [6.07, 6.45) is 0.824. The third kappa shape index (κ3) is 4.13. The highest BCUT2D eigenvalue weighted by atomic mass is 32.1. The summed E-state index contributed by atoms with van der Waals surface area (Å²) in [5.41, 5.74) is 3.25. The normalized spacial score (nSPS) is 18.0. The molecular formula is C25H26N2O3S. The van der Waals surface area contributed by atoms with Gasteiger partial charge in [0.1, 0.15) is 0 Å². The summed E-state index contributed by atoms with van der Waals surface area (Å²) in [4.78, 5) is 29.9. The monoisotopic (exact) mass is 434 g/mol. The first-order chi connectivity index (χ1) is 15.2. The molecule has 0 saturated carbocycles. The number of anilines is 1. The zero-order valence-electron chi connectivity index (χ0n) is 17.7. The van der Waals surface area contributed by atoms with Crippen LogP contribution >= 0.6 is 11.3 Å². The van der Waals surface area contributed by atoms with Gasteiger partial charge in [-0.05, 0) is 41.1 Å². The Morgan fingerprint density at radius 1 is 1.10 bits per heavy atom. The van der Waals surface area contributed by atoms with Gasteiger partial charge in [0.15, 0.2) is 0 Å². The molecule has 0 radical (unpaired) electrons. The van der Waals surface area contributed by atoms with Crippen LogP contribution in [0.3, 0.4) is 0 Å². The van der Waals surface area contributed by atoms with Crippen LogP contribution in [0.4, 0.5) is 5.69 Å². The van der Waals surface area contributed by atoms with Crippen LogP contribution in [0.2, 0.25) is 0 Å². The van der Waals surface area contributed by atoms with Crippen molar-refractivity contribution in [3.8, 4) is 0 Å². The highest BCUT2D eigenvalue weighted by Gasteiger charge is 2.44. The van der Waals surface area contributed by atoms with Crippen LogP contribution < -0.4 is 5.32 Å². The van der Waals surface area contributed by atoms with Gasteiger partial charge in [0.25, 0.3) is 5.91 Å². The van der Waals surface area contributed by atoms with Crippen LogP contribution in [0.5, 0.6) is 0 Å². The van der Waals surface area contributed by atoms with E-state index in [0.717, 1.165) is 28.1 Å². The number of amides is 2. The number of hydrogen-bond donors (Lipinski definition) is 1. The molecule has 2 aromatic carbocycles. The quantitative estimate of drug-likeness (QED) is 0.577. The van der Waals surface area contributed by atoms with E-state index >= 15 is 0 Å². The predicted molar refractivity (Wildman–Crippen MR) is 124 cm³/mol. The van der Waals surface area contributed by atoms with Crippen molar-refractivity contribution in [3.63, 3.8) is 0 Å². The zero-order chi connectivity index (χ0) is 21.8. The molecule has 2 atom stereocenters. The van der Waals surface area contributed by atoms with Gasteiger partial charge in [-0.25, -0.2) is 0 Å². The second-order valence-corrected chi connectivity index (χ2v) is 8.50. The van der Waals surface area contributed by atoms with E-state index in [0.29, 0.717) is 18.7 Å². The van der Waals surface area contributed by atoms with Crippen molar-refractivity contribution in [2.24, 2.45) is 0 Å². The average Bonchev–Trinajstić information content (AvgIpc) is 3.33. The van der Waals surface area contributed by atoms with Crippen LogP contribution in [0, 0.1) is 0 Å². The molecule has 0 unspecified atom stereocenters. The number of benzene rings is 2. The van der Waals surface area contributed by atoms with E-state index in [2.05, 4.69) is 12.2 Å². The smallest absolute Gasteiger partial charge is 0.254 e. The minimum atomic E-state index is -0.519. The van der Waals surface area contributed by atoms with Gasteiger partial charge in [0.2, 0.25) is 5.91 Å². The van der Waals surface area contributed by atoms with E-state index in [-0.39, 0.29) is 17.9 Å². The Kier molecular flexibility index (Phi) is 6.49. The lowest BCUT2D eigenvalue weighted by Crippen LogP contribution is -2.47. The summed E-state index contributed by atoms with van der Waals surface area (Å²) < 4.78 is 5.28. The maximum atomic E-state index is 13.8. The number of aryl methyl sites for hydroxylation is 1. The first-order valence-electron chi connectivity index (χ1n) is 10.5. The van der Waals surface area contributed by atoms with Crippen molar-refractivity contribution in [2.75, 3.05) is 25.6 Å². The number of thiophene rings is 1. The van der Waals surface area contributed by atoms with E-state index in [9.17, 15) is 9.59 Å². The maximum Gasteiger partial charge on any atom is 0.254 e. The summed E-state index contributed by atoms with van der Waals surface area (Å²) in [6.45, 7) is 2.89. The third-order valence-corrected chi connectivity index (χ3v) is 6.69. The van der Waals surface area contributed by atoms with Gasteiger partial charge < -0.3 is 15.0 Å². The summed E-state index contributed by atoms with van der Waals surface area (Å²) >= 11 is 1.56. The second-order valence-electron chi connectivity index (χ2n) is 7.52. The number of carbonyl (C=O) groups is 2. The number of ether oxygens (including phenoxy) is 1. The van der Waals surface area contributed by atoms with Crippen LogP contribution in [0.1, 0.15) is 45.2 Å². The van der Waals surface area contributed by atoms with E-state index in [4.69, 9.17) is 4.74 Å². The van der Waals surface area contributed by atoms with Crippen molar-refractivity contribution < 1.29 is 14.3 Å². The number of fused-ring (bicyclic) bond motifs is 1. The minimum Gasteiger partial charge on any atom is -0.383 e. The fourth-order valence-electron chi connectivity index (χ4n) is 4.25. The Balaban J connectivity index is 1.80. The van der Waals surface area contributed by atoms with Crippen molar-refractivity contribution >= 4 is 28.8 Å². The van der Waals surface area contributed by atoms with E-state index in [1.54, 1.807) is 23.3 Å². The molecule has 6 heteroatoms. The Bertz CT molecular complexity index is 1060. The molecule has 0 aliphatic carbocycles. The average molecular weight is 435 g/mol. The predicted octanol–water partition coefficient (Wildman–Crippen LogP) is 4.88. The molecule has 1 aliphatic rings. The Morgan fingerprint density at radius 3 is 2.61 bits per heavy atom. The molecule has 0 fully saturated rings. The van der Waals surface area contributed by atoms with Gasteiger partial charge in [-0.15, -0.1) is 11.3 Å². The van der Waals surface area contributed by atoms with Gasteiger partial charge in [0.05, 0.1) is 18.6 Å². The lowest BCUT2D eigenvalue weighted by Gasteiger charge is -2.41. The molecule has 3 aromatic rings. The number of nitrogens with one attached hydrogen (secondary N) is 1. The summed E-state index contributed by atoms with van der Waals surface area (Å²) in [7, 11) is 1.62. The molecular weight excluding hydrogens is 408 g/mol. The third-order valence-electron chi connectivity index (χ3n) is 5.75. The van der Waals surface area contributed by atoms with Gasteiger partial charge >= 0.3 is 0 Å². The fourth-order valence-corrected chi connectivity index (χ4v) is 5.12. The molecule has 2 heterocycles. The standard InChI is InChI=1S/C25H26N2O3S/c1-3-17-9-4-7-12-20(17)26-24(28)22-18-10-5-6-11-19(18)25(29)27(14-15-30-2)23(22)21-13-8-16-31-21/h4-13,16,22-23H,3,14-15H2,1-2H3,(H,26,28)/t22-,23-/m0/s1. The number of para-hydroxylation sites is 1. The molecule has 160 valence electrons. The molecule has 0 spiro atoms. The highest BCUT2D eigenvalue weighted by Crippen LogP contribution is 2.44. The number of nitrogens with zero attached hydrogens (tertiary/aromatic N) is 1. The summed E-state index contributed by atoms with van der Waals surface area (Å²) in [5.74, 6) is -0.694. The first-order valence-corrected chi connectivity index (χ1v) is 11.3. The largest absolute Gasteiger partial charge is 0.383 e. The molecule has 4 rings (SSSR count). The van der Waals surface area contributed by atoms with Gasteiger partial charge in [-0.3, -0.25) is 9.59 Å².